The van der Waals surface area contributed by atoms with Crippen LogP contribution in [-0.2, 0) is 11.3 Å². The van der Waals surface area contributed by atoms with Gasteiger partial charge in [-0.15, -0.1) is 12.4 Å². The van der Waals surface area contributed by atoms with Crippen molar-refractivity contribution in [1.82, 2.24) is 10.2 Å². The molecule has 1 saturated heterocycles. The van der Waals surface area contributed by atoms with E-state index in [-0.39, 0.29) is 30.0 Å². The van der Waals surface area contributed by atoms with Crippen molar-refractivity contribution in [2.75, 3.05) is 26.7 Å². The molecule has 1 amide bonds. The van der Waals surface area contributed by atoms with Gasteiger partial charge in [0.05, 0.1) is 7.11 Å². The molecule has 0 unspecified atom stereocenters. The summed E-state index contributed by atoms with van der Waals surface area (Å²) in [5, 5.41) is 13.2. The standard InChI is InChI=1S/C19H30N2O3.ClH/c1-14(2)7-10-20-19(23)15-8-11-21(12-9-15)13-16-5-4-6-17(24-3)18(16)22;/h4-6,14-15,22H,7-13H2,1-3H3,(H,20,23);1H. The number of para-hydroxylation sites is 1. The highest BCUT2D eigenvalue weighted by molar-refractivity contribution is 5.85. The predicted molar refractivity (Wildman–Crippen MR) is 102 cm³/mol. The van der Waals surface area contributed by atoms with E-state index in [0.29, 0.717) is 18.2 Å². The number of aromatic hydroxyl groups is 1. The highest BCUT2D eigenvalue weighted by Gasteiger charge is 2.25. The van der Waals surface area contributed by atoms with Gasteiger partial charge in [-0.3, -0.25) is 9.69 Å². The molecule has 0 spiro atoms. The summed E-state index contributed by atoms with van der Waals surface area (Å²) in [7, 11) is 1.56. The number of hydrogen-bond donors (Lipinski definition) is 2. The van der Waals surface area contributed by atoms with Crippen LogP contribution in [-0.4, -0.2) is 42.7 Å². The van der Waals surface area contributed by atoms with Crippen molar-refractivity contribution in [2.24, 2.45) is 11.8 Å². The summed E-state index contributed by atoms with van der Waals surface area (Å²) in [5.41, 5.74) is 0.870. The van der Waals surface area contributed by atoms with E-state index >= 15 is 0 Å². The number of hydrogen-bond acceptors (Lipinski definition) is 4. The molecule has 0 aromatic heterocycles. The summed E-state index contributed by atoms with van der Waals surface area (Å²) in [6.07, 6.45) is 2.77. The first-order valence-corrected chi connectivity index (χ1v) is 8.86. The minimum atomic E-state index is 0. The van der Waals surface area contributed by atoms with Gasteiger partial charge >= 0.3 is 0 Å². The molecule has 1 aliphatic rings. The number of rotatable bonds is 7. The van der Waals surface area contributed by atoms with Gasteiger partial charge < -0.3 is 15.2 Å². The van der Waals surface area contributed by atoms with Gasteiger partial charge in [0.2, 0.25) is 5.91 Å². The van der Waals surface area contributed by atoms with E-state index < -0.39 is 0 Å². The minimum Gasteiger partial charge on any atom is -0.504 e. The molecule has 5 nitrogen and oxygen atoms in total. The normalized spacial score (nSPS) is 15.7. The number of likely N-dealkylation sites (tertiary alicyclic amines) is 1. The molecule has 1 aromatic carbocycles. The van der Waals surface area contributed by atoms with Gasteiger partial charge in [0, 0.05) is 24.6 Å². The van der Waals surface area contributed by atoms with Crippen molar-refractivity contribution in [3.05, 3.63) is 23.8 Å². The van der Waals surface area contributed by atoms with Gasteiger partial charge in [-0.2, -0.15) is 0 Å². The summed E-state index contributed by atoms with van der Waals surface area (Å²) in [6.45, 7) is 7.54. The fourth-order valence-corrected chi connectivity index (χ4v) is 3.08. The second-order valence-electron chi connectivity index (χ2n) is 6.99. The number of phenols is 1. The largest absolute Gasteiger partial charge is 0.504 e. The lowest BCUT2D eigenvalue weighted by molar-refractivity contribution is -0.126. The number of ether oxygens (including phenoxy) is 1. The second kappa shape index (κ2) is 10.5. The Morgan fingerprint density at radius 2 is 2.04 bits per heavy atom. The Hall–Kier alpha value is -1.46. The third kappa shape index (κ3) is 6.40. The summed E-state index contributed by atoms with van der Waals surface area (Å²) in [5.74, 6) is 1.65. The molecular formula is C19H31ClN2O3. The van der Waals surface area contributed by atoms with Crippen LogP contribution in [0.2, 0.25) is 0 Å². The molecule has 0 atom stereocenters. The molecule has 2 N–H and O–H groups in total. The van der Waals surface area contributed by atoms with Crippen LogP contribution < -0.4 is 10.1 Å². The van der Waals surface area contributed by atoms with Crippen LogP contribution >= 0.6 is 12.4 Å². The van der Waals surface area contributed by atoms with E-state index in [1.54, 1.807) is 13.2 Å². The second-order valence-corrected chi connectivity index (χ2v) is 6.99. The molecule has 1 fully saturated rings. The van der Waals surface area contributed by atoms with Crippen LogP contribution in [0.5, 0.6) is 11.5 Å². The van der Waals surface area contributed by atoms with E-state index in [4.69, 9.17) is 4.74 Å². The van der Waals surface area contributed by atoms with Crippen molar-refractivity contribution < 1.29 is 14.6 Å². The van der Waals surface area contributed by atoms with Crippen molar-refractivity contribution in [2.45, 2.75) is 39.7 Å². The Balaban J connectivity index is 0.00000312. The topological polar surface area (TPSA) is 61.8 Å². The van der Waals surface area contributed by atoms with Crippen molar-refractivity contribution >= 4 is 18.3 Å². The number of halogens is 1. The Bertz CT molecular complexity index is 543. The maximum atomic E-state index is 12.2. The van der Waals surface area contributed by atoms with Crippen LogP contribution in [0.1, 0.15) is 38.7 Å². The summed E-state index contributed by atoms with van der Waals surface area (Å²) >= 11 is 0. The van der Waals surface area contributed by atoms with Gasteiger partial charge in [-0.25, -0.2) is 0 Å². The quantitative estimate of drug-likeness (QED) is 0.773. The van der Waals surface area contributed by atoms with Crippen LogP contribution in [0.3, 0.4) is 0 Å². The summed E-state index contributed by atoms with van der Waals surface area (Å²) in [6, 6.07) is 5.57. The molecule has 0 bridgehead atoms. The summed E-state index contributed by atoms with van der Waals surface area (Å²) < 4.78 is 5.16. The Morgan fingerprint density at radius 3 is 2.64 bits per heavy atom. The molecule has 25 heavy (non-hydrogen) atoms. The number of amides is 1. The van der Waals surface area contributed by atoms with Crippen LogP contribution in [0.15, 0.2) is 18.2 Å². The Morgan fingerprint density at radius 1 is 1.36 bits per heavy atom. The lowest BCUT2D eigenvalue weighted by Crippen LogP contribution is -2.40. The Labute approximate surface area is 157 Å². The minimum absolute atomic E-state index is 0. The van der Waals surface area contributed by atoms with Gasteiger partial charge in [0.15, 0.2) is 11.5 Å². The van der Waals surface area contributed by atoms with E-state index in [0.717, 1.165) is 44.5 Å². The number of piperidine rings is 1. The van der Waals surface area contributed by atoms with E-state index in [1.807, 2.05) is 12.1 Å². The third-order valence-corrected chi connectivity index (χ3v) is 4.68. The van der Waals surface area contributed by atoms with Crippen LogP contribution in [0.25, 0.3) is 0 Å². The molecule has 6 heteroatoms. The zero-order valence-electron chi connectivity index (χ0n) is 15.5. The molecule has 2 rings (SSSR count). The fourth-order valence-electron chi connectivity index (χ4n) is 3.08. The van der Waals surface area contributed by atoms with Gasteiger partial charge in [0.25, 0.3) is 0 Å². The molecule has 142 valence electrons. The molecular weight excluding hydrogens is 340 g/mol. The predicted octanol–water partition coefficient (Wildman–Crippen LogP) is 3.20. The number of nitrogens with zero attached hydrogens (tertiary/aromatic N) is 1. The zero-order valence-corrected chi connectivity index (χ0v) is 16.3. The maximum Gasteiger partial charge on any atom is 0.223 e. The lowest BCUT2D eigenvalue weighted by Gasteiger charge is -2.31. The van der Waals surface area contributed by atoms with Gasteiger partial charge in [0.1, 0.15) is 0 Å². The number of phenolic OH excluding ortho intramolecular Hbond substituents is 1. The van der Waals surface area contributed by atoms with Crippen molar-refractivity contribution in [3.63, 3.8) is 0 Å². The van der Waals surface area contributed by atoms with E-state index in [1.165, 1.54) is 0 Å². The van der Waals surface area contributed by atoms with Crippen LogP contribution in [0.4, 0.5) is 0 Å². The average molecular weight is 371 g/mol. The molecule has 1 heterocycles. The number of carbonyl (C=O) groups is 1. The smallest absolute Gasteiger partial charge is 0.223 e. The molecule has 0 aliphatic carbocycles. The Kier molecular flexibility index (Phi) is 9.08. The average Bonchev–Trinajstić information content (AvgIpc) is 2.57. The molecule has 1 aromatic rings. The molecule has 1 aliphatic heterocycles. The van der Waals surface area contributed by atoms with E-state index in [2.05, 4.69) is 24.1 Å². The number of methoxy groups -OCH3 is 1. The SMILES string of the molecule is COc1cccc(CN2CCC(C(=O)NCCC(C)C)CC2)c1O.Cl. The highest BCUT2D eigenvalue weighted by Crippen LogP contribution is 2.31. The first kappa shape index (κ1) is 21.6. The highest BCUT2D eigenvalue weighted by atomic mass is 35.5. The molecule has 0 saturated carbocycles. The van der Waals surface area contributed by atoms with Crippen molar-refractivity contribution in [1.29, 1.82) is 0 Å². The zero-order chi connectivity index (χ0) is 17.5. The van der Waals surface area contributed by atoms with Gasteiger partial charge in [-0.1, -0.05) is 26.0 Å². The number of carbonyl (C=O) groups excluding carboxylic acids is 1. The first-order valence-electron chi connectivity index (χ1n) is 8.86. The fraction of sp³-hybridized carbons (Fsp3) is 0.632. The lowest BCUT2D eigenvalue weighted by atomic mass is 9.95. The van der Waals surface area contributed by atoms with Crippen LogP contribution in [0, 0.1) is 11.8 Å². The summed E-state index contributed by atoms with van der Waals surface area (Å²) in [4.78, 5) is 14.5. The maximum absolute atomic E-state index is 12.2. The van der Waals surface area contributed by atoms with Gasteiger partial charge in [-0.05, 0) is 44.3 Å². The molecule has 0 radical (unpaired) electrons. The monoisotopic (exact) mass is 370 g/mol. The number of nitrogens with one attached hydrogen (secondary N) is 1. The van der Waals surface area contributed by atoms with Crippen molar-refractivity contribution in [3.8, 4) is 11.5 Å². The number of benzene rings is 1. The third-order valence-electron chi connectivity index (χ3n) is 4.68. The van der Waals surface area contributed by atoms with E-state index in [9.17, 15) is 9.90 Å². The first-order chi connectivity index (χ1) is 11.5.